The molecule has 4 nitrogen and oxygen atoms in total. The molecule has 0 bridgehead atoms. The summed E-state index contributed by atoms with van der Waals surface area (Å²) in [5.74, 6) is -3.63. The van der Waals surface area contributed by atoms with Crippen molar-refractivity contribution >= 4 is 7.85 Å². The van der Waals surface area contributed by atoms with Crippen molar-refractivity contribution in [3.8, 4) is 5.75 Å². The molecule has 0 unspecified atom stereocenters. The van der Waals surface area contributed by atoms with Crippen LogP contribution in [0.15, 0.2) is 12.1 Å². The van der Waals surface area contributed by atoms with Gasteiger partial charge in [0.1, 0.15) is 11.6 Å². The average Bonchev–Trinajstić information content (AvgIpc) is 2.10. The molecule has 0 fully saturated rings. The van der Waals surface area contributed by atoms with Crippen LogP contribution in [-0.4, -0.2) is 29.0 Å². The number of halogens is 1. The predicted octanol–water partition coefficient (Wildman–Crippen LogP) is -0.230. The van der Waals surface area contributed by atoms with Crippen LogP contribution in [0.4, 0.5) is 4.39 Å². The highest BCUT2D eigenvalue weighted by Crippen LogP contribution is 2.24. The van der Waals surface area contributed by atoms with Crippen molar-refractivity contribution < 1.29 is 24.4 Å². The second-order valence-electron chi connectivity index (χ2n) is 3.12. The molecule has 0 aliphatic heterocycles. The van der Waals surface area contributed by atoms with Gasteiger partial charge in [-0.25, -0.2) is 4.39 Å². The topological polar surface area (TPSA) is 69.9 Å². The van der Waals surface area contributed by atoms with Crippen molar-refractivity contribution in [2.24, 2.45) is 0 Å². The normalized spacial score (nSPS) is 11.5. The first-order valence-corrected chi connectivity index (χ1v) is 4.16. The highest BCUT2D eigenvalue weighted by Gasteiger charge is 2.19. The van der Waals surface area contributed by atoms with E-state index < -0.39 is 11.7 Å². The monoisotopic (exact) mass is 212 g/mol. The Morgan fingerprint density at radius 1 is 1.47 bits per heavy atom. The Kier molecular flexibility index (Phi) is 3.33. The first-order valence-electron chi connectivity index (χ1n) is 4.16. The van der Waals surface area contributed by atoms with E-state index in [9.17, 15) is 4.39 Å². The fraction of sp³-hybridized carbons (Fsp3) is 0.333. The van der Waals surface area contributed by atoms with Gasteiger partial charge in [0, 0.05) is 5.56 Å². The van der Waals surface area contributed by atoms with Crippen LogP contribution in [0.1, 0.15) is 11.1 Å². The highest BCUT2D eigenvalue weighted by molar-refractivity contribution is 6.12. The van der Waals surface area contributed by atoms with Crippen molar-refractivity contribution in [1.82, 2.24) is 0 Å². The van der Waals surface area contributed by atoms with Gasteiger partial charge >= 0.3 is 0 Å². The van der Waals surface area contributed by atoms with Gasteiger partial charge in [0.05, 0.1) is 6.61 Å². The number of benzene rings is 1. The highest BCUT2D eigenvalue weighted by atomic mass is 19.1. The summed E-state index contributed by atoms with van der Waals surface area (Å²) < 4.78 is 17.7. The van der Waals surface area contributed by atoms with Crippen LogP contribution in [0.25, 0.3) is 0 Å². The zero-order chi connectivity index (χ0) is 11.6. The molecule has 0 saturated heterocycles. The summed E-state index contributed by atoms with van der Waals surface area (Å²) in [7, 11) is 4.78. The minimum atomic E-state index is -2.87. The Hall–Kier alpha value is -1.11. The second-order valence-corrected chi connectivity index (χ2v) is 3.12. The fourth-order valence-electron chi connectivity index (χ4n) is 1.07. The molecule has 2 radical (unpaired) electrons. The van der Waals surface area contributed by atoms with Crippen LogP contribution in [0.2, 0.25) is 0 Å². The Balaban J connectivity index is 3.11. The average molecular weight is 212 g/mol. The minimum Gasteiger partial charge on any atom is -0.448 e. The Bertz CT molecular complexity index is 362. The zero-order valence-corrected chi connectivity index (χ0v) is 8.07. The van der Waals surface area contributed by atoms with E-state index in [-0.39, 0.29) is 23.5 Å². The van der Waals surface area contributed by atoms with Crippen LogP contribution in [0.5, 0.6) is 5.75 Å². The van der Waals surface area contributed by atoms with Crippen molar-refractivity contribution in [3.63, 3.8) is 0 Å². The van der Waals surface area contributed by atoms with Crippen LogP contribution >= 0.6 is 0 Å². The van der Waals surface area contributed by atoms with Gasteiger partial charge in [0.25, 0.3) is 5.87 Å². The number of rotatable bonds is 3. The van der Waals surface area contributed by atoms with Crippen molar-refractivity contribution in [2.45, 2.75) is 19.4 Å². The first-order chi connectivity index (χ1) is 6.83. The summed E-state index contributed by atoms with van der Waals surface area (Å²) in [6.45, 7) is 1.000. The molecule has 1 aromatic rings. The molecule has 0 aromatic heterocycles. The molecule has 0 spiro atoms. The molecule has 0 heterocycles. The van der Waals surface area contributed by atoms with Gasteiger partial charge in [-0.2, -0.15) is 0 Å². The van der Waals surface area contributed by atoms with Crippen LogP contribution < -0.4 is 4.74 Å². The summed E-state index contributed by atoms with van der Waals surface area (Å²) in [6, 6.07) is 2.39. The largest absolute Gasteiger partial charge is 0.448 e. The Morgan fingerprint density at radius 3 is 2.53 bits per heavy atom. The lowest BCUT2D eigenvalue weighted by Gasteiger charge is -2.20. The molecule has 0 saturated carbocycles. The molecule has 0 aliphatic carbocycles. The third-order valence-electron chi connectivity index (χ3n) is 1.80. The van der Waals surface area contributed by atoms with Gasteiger partial charge in [-0.3, -0.25) is 0 Å². The van der Waals surface area contributed by atoms with Crippen molar-refractivity contribution in [1.29, 1.82) is 0 Å². The second kappa shape index (κ2) is 4.18. The maximum atomic E-state index is 13.2. The Labute approximate surface area is 87.3 Å². The van der Waals surface area contributed by atoms with Crippen LogP contribution in [0.3, 0.4) is 0 Å². The number of ether oxygens (including phenoxy) is 1. The molecule has 1 rings (SSSR count). The lowest BCUT2D eigenvalue weighted by atomic mass is 10.1. The fourth-order valence-corrected chi connectivity index (χ4v) is 1.07. The third kappa shape index (κ3) is 3.19. The van der Waals surface area contributed by atoms with Gasteiger partial charge in [-0.05, 0) is 24.6 Å². The van der Waals surface area contributed by atoms with E-state index in [1.165, 1.54) is 13.0 Å². The molecule has 3 N–H and O–H groups in total. The SMILES string of the molecule is [B]C(O)(O)Oc1cc(CO)cc(F)c1C. The van der Waals surface area contributed by atoms with E-state index in [1.54, 1.807) is 0 Å². The number of hydrogen-bond acceptors (Lipinski definition) is 4. The maximum Gasteiger partial charge on any atom is 0.259 e. The van der Waals surface area contributed by atoms with Crippen LogP contribution in [0, 0.1) is 12.7 Å². The van der Waals surface area contributed by atoms with Gasteiger partial charge in [0.2, 0.25) is 7.85 Å². The van der Waals surface area contributed by atoms with Crippen LogP contribution in [-0.2, 0) is 6.61 Å². The molecule has 80 valence electrons. The number of aliphatic hydroxyl groups excluding tert-OH is 1. The third-order valence-corrected chi connectivity index (χ3v) is 1.80. The molecule has 1 aromatic carbocycles. The van der Waals surface area contributed by atoms with Gasteiger partial charge in [0.15, 0.2) is 0 Å². The number of aliphatic hydroxyl groups is 3. The van der Waals surface area contributed by atoms with Gasteiger partial charge in [-0.1, -0.05) is 0 Å². The molecule has 0 amide bonds. The maximum absolute atomic E-state index is 13.2. The summed E-state index contributed by atoms with van der Waals surface area (Å²) in [6.07, 6.45) is 0. The molecule has 15 heavy (non-hydrogen) atoms. The van der Waals surface area contributed by atoms with E-state index in [0.29, 0.717) is 0 Å². The summed E-state index contributed by atoms with van der Waals surface area (Å²) >= 11 is 0. The van der Waals surface area contributed by atoms with Gasteiger partial charge in [-0.15, -0.1) is 0 Å². The minimum absolute atomic E-state index is 0.0742. The number of hydrogen-bond donors (Lipinski definition) is 3. The standard InChI is InChI=1S/C9H10BFO4/c1-5-7(11)2-6(4-12)3-8(5)15-9(10,13)14/h2-3,12-14H,4H2,1H3. The molecule has 0 aliphatic rings. The van der Waals surface area contributed by atoms with Crippen molar-refractivity contribution in [2.75, 3.05) is 0 Å². The van der Waals surface area contributed by atoms with E-state index in [2.05, 4.69) is 4.74 Å². The van der Waals surface area contributed by atoms with E-state index >= 15 is 0 Å². The van der Waals surface area contributed by atoms with E-state index in [4.69, 9.17) is 23.2 Å². The van der Waals surface area contributed by atoms with E-state index in [1.807, 2.05) is 0 Å². The summed E-state index contributed by atoms with van der Waals surface area (Å²) in [5.41, 5.74) is 0.322. The molecular weight excluding hydrogens is 202 g/mol. The first kappa shape index (κ1) is 12.0. The zero-order valence-electron chi connectivity index (χ0n) is 8.07. The van der Waals surface area contributed by atoms with Crippen molar-refractivity contribution in [3.05, 3.63) is 29.1 Å². The van der Waals surface area contributed by atoms with E-state index in [0.717, 1.165) is 6.07 Å². The summed E-state index contributed by atoms with van der Waals surface area (Å²) in [4.78, 5) is 0. The Morgan fingerprint density at radius 2 is 2.07 bits per heavy atom. The quantitative estimate of drug-likeness (QED) is 0.478. The smallest absolute Gasteiger partial charge is 0.259 e. The molecular formula is C9H10BFO4. The molecule has 6 heteroatoms. The lowest BCUT2D eigenvalue weighted by Crippen LogP contribution is -2.36. The predicted molar refractivity (Wildman–Crippen MR) is 50.6 cm³/mol. The molecule has 0 atom stereocenters. The lowest BCUT2D eigenvalue weighted by molar-refractivity contribution is -0.223. The summed E-state index contributed by atoms with van der Waals surface area (Å²) in [5, 5.41) is 26.3. The van der Waals surface area contributed by atoms with Gasteiger partial charge < -0.3 is 20.1 Å².